The third-order valence-corrected chi connectivity index (χ3v) is 7.82. The Morgan fingerprint density at radius 2 is 1.13 bits per heavy atom. The van der Waals surface area contributed by atoms with Gasteiger partial charge in [0.1, 0.15) is 12.1 Å². The number of hydrazine groups is 1. The molecule has 0 bridgehead atoms. The van der Waals surface area contributed by atoms with E-state index in [1.54, 1.807) is 5.01 Å². The summed E-state index contributed by atoms with van der Waals surface area (Å²) in [4.78, 5) is 50.7. The van der Waals surface area contributed by atoms with Gasteiger partial charge >= 0.3 is 0 Å². The summed E-state index contributed by atoms with van der Waals surface area (Å²) in [5, 5.41) is 21.7. The number of nitrogens with one attached hydrogen (secondary N) is 4. The molecule has 4 amide bonds. The Morgan fingerprint density at radius 3 is 1.64 bits per heavy atom. The lowest BCUT2D eigenvalue weighted by Gasteiger charge is -2.33. The van der Waals surface area contributed by atoms with E-state index in [4.69, 9.17) is 0 Å². The molecule has 0 unspecified atom stereocenters. The second kappa shape index (κ2) is 18.0. The molecule has 0 aliphatic carbocycles. The zero-order valence-electron chi connectivity index (χ0n) is 28.2. The Labute approximate surface area is 278 Å². The Morgan fingerprint density at radius 1 is 0.638 bits per heavy atom. The van der Waals surface area contributed by atoms with E-state index in [0.29, 0.717) is 6.42 Å². The van der Waals surface area contributed by atoms with Crippen molar-refractivity contribution in [1.82, 2.24) is 26.4 Å². The van der Waals surface area contributed by atoms with Crippen LogP contribution in [0.3, 0.4) is 0 Å². The molecule has 0 spiro atoms. The van der Waals surface area contributed by atoms with Crippen LogP contribution in [0.5, 0.6) is 0 Å². The first kappa shape index (κ1) is 36.9. The van der Waals surface area contributed by atoms with E-state index in [1.807, 2.05) is 113 Å². The lowest BCUT2D eigenvalue weighted by atomic mass is 9.98. The molecule has 10 heteroatoms. The lowest BCUT2D eigenvalue weighted by Crippen LogP contribution is -2.59. The maximum atomic E-state index is 13.5. The van der Waals surface area contributed by atoms with Crippen molar-refractivity contribution in [1.29, 1.82) is 0 Å². The monoisotopic (exact) mass is 643 g/mol. The number of amides is 4. The molecule has 0 fully saturated rings. The summed E-state index contributed by atoms with van der Waals surface area (Å²) in [6.45, 7) is 10.3. The van der Waals surface area contributed by atoms with Crippen LogP contribution in [0.15, 0.2) is 84.9 Å². The molecular weight excluding hydrogens is 594 g/mol. The van der Waals surface area contributed by atoms with Gasteiger partial charge in [-0.3, -0.25) is 24.6 Å². The second-order valence-corrected chi connectivity index (χ2v) is 12.6. The van der Waals surface area contributed by atoms with Crippen molar-refractivity contribution in [3.63, 3.8) is 0 Å². The van der Waals surface area contributed by atoms with Crippen LogP contribution in [-0.4, -0.2) is 64.5 Å². The van der Waals surface area contributed by atoms with Crippen LogP contribution in [-0.2, 0) is 32.1 Å². The van der Waals surface area contributed by atoms with Gasteiger partial charge in [0.15, 0.2) is 0 Å². The van der Waals surface area contributed by atoms with Gasteiger partial charge in [0.05, 0.1) is 12.1 Å². The van der Waals surface area contributed by atoms with Crippen LogP contribution >= 0.6 is 0 Å². The van der Waals surface area contributed by atoms with Crippen LogP contribution in [0.1, 0.15) is 52.7 Å². The Balaban J connectivity index is 1.90. The molecule has 252 valence electrons. The third-order valence-electron chi connectivity index (χ3n) is 7.82. The minimum absolute atomic E-state index is 0.0404. The van der Waals surface area contributed by atoms with E-state index >= 15 is 0 Å². The molecule has 5 N–H and O–H groups in total. The summed E-state index contributed by atoms with van der Waals surface area (Å²) in [5.41, 5.74) is 6.82. The quantitative estimate of drug-likeness (QED) is 0.151. The zero-order chi connectivity index (χ0) is 34.5. The van der Waals surface area contributed by atoms with Gasteiger partial charge in [-0.2, -0.15) is 0 Å². The second-order valence-electron chi connectivity index (χ2n) is 12.6. The highest BCUT2D eigenvalue weighted by atomic mass is 16.3. The van der Waals surface area contributed by atoms with Gasteiger partial charge < -0.3 is 21.1 Å². The summed E-state index contributed by atoms with van der Waals surface area (Å²) in [5.74, 6) is -1.87. The van der Waals surface area contributed by atoms with Gasteiger partial charge in [-0.25, -0.2) is 5.01 Å². The van der Waals surface area contributed by atoms with Crippen molar-refractivity contribution < 1.29 is 24.3 Å². The topological polar surface area (TPSA) is 140 Å². The molecule has 3 aromatic rings. The van der Waals surface area contributed by atoms with E-state index in [9.17, 15) is 24.3 Å². The maximum absolute atomic E-state index is 13.5. The molecule has 0 aromatic heterocycles. The van der Waals surface area contributed by atoms with Crippen molar-refractivity contribution in [3.05, 3.63) is 96.1 Å². The highest BCUT2D eigenvalue weighted by Gasteiger charge is 2.31. The highest BCUT2D eigenvalue weighted by molar-refractivity contribution is 5.87. The largest absolute Gasteiger partial charge is 0.390 e. The highest BCUT2D eigenvalue weighted by Crippen LogP contribution is 2.20. The van der Waals surface area contributed by atoms with Gasteiger partial charge in [0.2, 0.25) is 17.7 Å². The van der Waals surface area contributed by atoms with Crippen molar-refractivity contribution in [2.75, 3.05) is 6.54 Å². The first-order chi connectivity index (χ1) is 22.3. The van der Waals surface area contributed by atoms with Crippen molar-refractivity contribution >= 4 is 23.6 Å². The number of hydrogen-bond acceptors (Lipinski definition) is 6. The van der Waals surface area contributed by atoms with Gasteiger partial charge in [0.25, 0.3) is 5.91 Å². The predicted octanol–water partition coefficient (Wildman–Crippen LogP) is 3.60. The fourth-order valence-corrected chi connectivity index (χ4v) is 5.31. The van der Waals surface area contributed by atoms with Crippen LogP contribution in [0.2, 0.25) is 0 Å². The summed E-state index contributed by atoms with van der Waals surface area (Å²) < 4.78 is 0. The number of nitrogens with zero attached hydrogens (tertiary/aromatic N) is 1. The van der Waals surface area contributed by atoms with Crippen molar-refractivity contribution in [3.8, 4) is 11.1 Å². The summed E-state index contributed by atoms with van der Waals surface area (Å²) in [6, 6.07) is 25.1. The molecule has 10 nitrogen and oxygen atoms in total. The number of carbonyl (C=O) groups excluding carboxylic acids is 4. The number of aliphatic hydroxyl groups excluding tert-OH is 1. The normalized spacial score (nSPS) is 13.8. The van der Waals surface area contributed by atoms with Crippen molar-refractivity contribution in [2.24, 2.45) is 11.8 Å². The Kier molecular flexibility index (Phi) is 14.1. The Bertz CT molecular complexity index is 1450. The smallest absolute Gasteiger partial charge is 0.257 e. The average molecular weight is 644 g/mol. The van der Waals surface area contributed by atoms with E-state index < -0.39 is 36.0 Å². The molecule has 0 saturated carbocycles. The molecule has 0 aliphatic rings. The first-order valence-corrected chi connectivity index (χ1v) is 16.1. The van der Waals surface area contributed by atoms with E-state index in [2.05, 4.69) is 21.4 Å². The zero-order valence-corrected chi connectivity index (χ0v) is 28.2. The number of aliphatic hydroxyl groups is 1. The van der Waals surface area contributed by atoms with Crippen molar-refractivity contribution in [2.45, 2.75) is 78.7 Å². The lowest BCUT2D eigenvalue weighted by molar-refractivity contribution is -0.134. The Hall–Kier alpha value is -4.54. The standard InChI is InChI=1S/C37H49N5O5/c1-24(2)34(38-26(5)43)36(46)40-32(21-28-13-9-7-10-14-28)33(45)23-42(41-37(47)35(25(3)4)39-27(6)44)22-29-17-19-31(20-18-29)30-15-11-8-12-16-30/h7-20,24-25,32-35,45H,21-23H2,1-6H3,(H,38,43)(H,39,44)(H,40,46)(H,41,47)/t32-,33-,34-,35-/m0/s1. The van der Waals surface area contributed by atoms with Crippen LogP contribution in [0.4, 0.5) is 0 Å². The molecular formula is C37H49N5O5. The predicted molar refractivity (Wildman–Crippen MR) is 183 cm³/mol. The molecule has 3 rings (SSSR count). The molecule has 4 atom stereocenters. The van der Waals surface area contributed by atoms with Crippen LogP contribution in [0, 0.1) is 11.8 Å². The number of benzene rings is 3. The molecule has 0 saturated heterocycles. The minimum atomic E-state index is -1.13. The molecule has 0 aliphatic heterocycles. The summed E-state index contributed by atoms with van der Waals surface area (Å²) in [7, 11) is 0. The number of carbonyl (C=O) groups is 4. The van der Waals surface area contributed by atoms with Crippen LogP contribution in [0.25, 0.3) is 11.1 Å². The SMILES string of the molecule is CC(=O)N[C@H](C(=O)N[C@@H](Cc1ccccc1)[C@@H](O)CN(Cc1ccc(-c2ccccc2)cc1)NC(=O)[C@@H](NC(C)=O)C(C)C)C(C)C. The molecule has 0 heterocycles. The van der Waals surface area contributed by atoms with Crippen LogP contribution < -0.4 is 21.4 Å². The fourth-order valence-electron chi connectivity index (χ4n) is 5.31. The van der Waals surface area contributed by atoms with E-state index in [1.165, 1.54) is 13.8 Å². The number of rotatable bonds is 16. The average Bonchev–Trinajstić information content (AvgIpc) is 3.02. The van der Waals surface area contributed by atoms with Gasteiger partial charge in [-0.05, 0) is 40.5 Å². The molecule has 3 aromatic carbocycles. The fraction of sp³-hybridized carbons (Fsp3) is 0.405. The summed E-state index contributed by atoms with van der Waals surface area (Å²) in [6.07, 6.45) is -0.821. The third kappa shape index (κ3) is 12.0. The van der Waals surface area contributed by atoms with Gasteiger partial charge in [0, 0.05) is 26.9 Å². The molecule has 0 radical (unpaired) electrons. The minimum Gasteiger partial charge on any atom is -0.390 e. The summed E-state index contributed by atoms with van der Waals surface area (Å²) >= 11 is 0. The van der Waals surface area contributed by atoms with Gasteiger partial charge in [-0.1, -0.05) is 113 Å². The maximum Gasteiger partial charge on any atom is 0.257 e. The van der Waals surface area contributed by atoms with Gasteiger partial charge in [-0.15, -0.1) is 0 Å². The first-order valence-electron chi connectivity index (χ1n) is 16.1. The molecule has 47 heavy (non-hydrogen) atoms. The van der Waals surface area contributed by atoms with E-state index in [-0.39, 0.29) is 36.7 Å². The number of hydrogen-bond donors (Lipinski definition) is 5. The van der Waals surface area contributed by atoms with E-state index in [0.717, 1.165) is 22.3 Å².